The minimum atomic E-state index is -2.59. The van der Waals surface area contributed by atoms with Crippen LogP contribution < -0.4 is 5.32 Å². The number of nitrogens with zero attached hydrogens (tertiary/aromatic N) is 3. The molecule has 0 saturated carbocycles. The third-order valence-electron chi connectivity index (χ3n) is 3.16. The lowest BCUT2D eigenvalue weighted by molar-refractivity contribution is -0.114. The number of aromatic nitrogens is 2. The van der Waals surface area contributed by atoms with Crippen LogP contribution in [0.15, 0.2) is 41.7 Å². The lowest BCUT2D eigenvalue weighted by atomic mass is 10.1. The molecular formula is C15H14F2N4OS. The normalized spacial score (nSPS) is 16.7. The highest BCUT2D eigenvalue weighted by molar-refractivity contribution is 7.97. The number of anilines is 1. The second-order valence-electron chi connectivity index (χ2n) is 5.27. The Balaban J connectivity index is 1.76. The molecule has 0 spiro atoms. The molecule has 3 heterocycles. The first-order valence-corrected chi connectivity index (χ1v) is 7.68. The number of pyridine rings is 2. The first-order chi connectivity index (χ1) is 10.9. The van der Waals surface area contributed by atoms with Gasteiger partial charge in [-0.15, -0.1) is 0 Å². The van der Waals surface area contributed by atoms with Crippen LogP contribution in [0.25, 0.3) is 11.1 Å². The van der Waals surface area contributed by atoms with Crippen molar-refractivity contribution in [3.05, 3.63) is 36.8 Å². The second kappa shape index (κ2) is 6.21. The first-order valence-electron chi connectivity index (χ1n) is 6.91. The van der Waals surface area contributed by atoms with Crippen LogP contribution in [-0.4, -0.2) is 39.2 Å². The van der Waals surface area contributed by atoms with Gasteiger partial charge in [-0.05, 0) is 35.7 Å². The molecule has 0 aromatic carbocycles. The maximum atomic E-state index is 12.9. The summed E-state index contributed by atoms with van der Waals surface area (Å²) in [6.45, 7) is 0.920. The van der Waals surface area contributed by atoms with E-state index < -0.39 is 5.92 Å². The zero-order valence-corrected chi connectivity index (χ0v) is 13.1. The Kier molecular flexibility index (Phi) is 4.27. The number of amides is 1. The maximum Gasteiger partial charge on any atom is 0.274 e. The lowest BCUT2D eigenvalue weighted by Crippen LogP contribution is -2.52. The Labute approximate surface area is 136 Å². The summed E-state index contributed by atoms with van der Waals surface area (Å²) in [5, 5.41) is 2.62. The fourth-order valence-corrected chi connectivity index (χ4v) is 3.26. The molecule has 2 aromatic rings. The largest absolute Gasteiger partial charge is 0.311 e. The molecule has 5 nitrogen and oxygen atoms in total. The van der Waals surface area contributed by atoms with E-state index in [0.29, 0.717) is 5.82 Å². The van der Waals surface area contributed by atoms with Gasteiger partial charge >= 0.3 is 0 Å². The van der Waals surface area contributed by atoms with Crippen LogP contribution in [0.4, 0.5) is 14.6 Å². The van der Waals surface area contributed by atoms with Crippen LogP contribution in [0.2, 0.25) is 0 Å². The zero-order chi connectivity index (χ0) is 16.4. The van der Waals surface area contributed by atoms with Gasteiger partial charge in [0.05, 0.1) is 13.1 Å². The molecule has 0 unspecified atom stereocenters. The van der Waals surface area contributed by atoms with Crippen molar-refractivity contribution in [1.29, 1.82) is 0 Å². The van der Waals surface area contributed by atoms with Crippen LogP contribution in [-0.2, 0) is 4.79 Å². The van der Waals surface area contributed by atoms with Crippen molar-refractivity contribution >= 4 is 23.7 Å². The number of hydrogen-bond acceptors (Lipinski definition) is 5. The van der Waals surface area contributed by atoms with Crippen molar-refractivity contribution in [2.45, 2.75) is 17.7 Å². The van der Waals surface area contributed by atoms with Crippen molar-refractivity contribution in [2.75, 3.05) is 18.4 Å². The summed E-state index contributed by atoms with van der Waals surface area (Å²) in [5.74, 6) is -2.33. The van der Waals surface area contributed by atoms with Crippen molar-refractivity contribution in [3.63, 3.8) is 0 Å². The number of hydrogen-bond donors (Lipinski definition) is 1. The molecule has 0 radical (unpaired) electrons. The van der Waals surface area contributed by atoms with E-state index in [1.165, 1.54) is 18.9 Å². The number of halogens is 2. The molecule has 0 aliphatic carbocycles. The van der Waals surface area contributed by atoms with E-state index in [1.54, 1.807) is 35.0 Å². The van der Waals surface area contributed by atoms with Crippen LogP contribution >= 0.6 is 11.9 Å². The molecule has 1 fully saturated rings. The van der Waals surface area contributed by atoms with Gasteiger partial charge in [0.15, 0.2) is 0 Å². The van der Waals surface area contributed by atoms with E-state index in [1.807, 2.05) is 6.07 Å². The van der Waals surface area contributed by atoms with Gasteiger partial charge in [0.2, 0.25) is 5.91 Å². The zero-order valence-electron chi connectivity index (χ0n) is 12.3. The second-order valence-corrected chi connectivity index (χ2v) is 6.44. The molecule has 1 saturated heterocycles. The Bertz CT molecular complexity index is 733. The Morgan fingerprint density at radius 1 is 1.30 bits per heavy atom. The van der Waals surface area contributed by atoms with Gasteiger partial charge in [-0.3, -0.25) is 9.78 Å². The molecule has 3 rings (SSSR count). The predicted molar refractivity (Wildman–Crippen MR) is 84.1 cm³/mol. The molecule has 1 amide bonds. The quantitative estimate of drug-likeness (QED) is 0.870. The number of nitrogens with one attached hydrogen (secondary N) is 1. The molecule has 1 aliphatic heterocycles. The fourth-order valence-electron chi connectivity index (χ4n) is 2.17. The van der Waals surface area contributed by atoms with E-state index in [-0.39, 0.29) is 19.0 Å². The van der Waals surface area contributed by atoms with E-state index >= 15 is 0 Å². The minimum absolute atomic E-state index is 0.198. The summed E-state index contributed by atoms with van der Waals surface area (Å²) in [6, 6.07) is 5.42. The average Bonchev–Trinajstić information content (AvgIpc) is 2.45. The number of carbonyl (C=O) groups excluding carboxylic acids is 1. The summed E-state index contributed by atoms with van der Waals surface area (Å²) in [5.41, 5.74) is 1.67. The Morgan fingerprint density at radius 2 is 2.09 bits per heavy atom. The van der Waals surface area contributed by atoms with Crippen LogP contribution in [0.5, 0.6) is 0 Å². The van der Waals surface area contributed by atoms with Crippen LogP contribution in [0, 0.1) is 0 Å². The minimum Gasteiger partial charge on any atom is -0.311 e. The molecular weight excluding hydrogens is 322 g/mol. The maximum absolute atomic E-state index is 12.9. The predicted octanol–water partition coefficient (Wildman–Crippen LogP) is 3.06. The number of carbonyl (C=O) groups is 1. The van der Waals surface area contributed by atoms with E-state index in [4.69, 9.17) is 0 Å². The summed E-state index contributed by atoms with van der Waals surface area (Å²) in [4.78, 5) is 20.1. The SMILES string of the molecule is CC(=O)Nc1cc(-c2cncc(SN3CC(F)(F)C3)c2)ccn1. The molecule has 1 aliphatic rings. The van der Waals surface area contributed by atoms with Crippen molar-refractivity contribution in [3.8, 4) is 11.1 Å². The van der Waals surface area contributed by atoms with Gasteiger partial charge in [-0.25, -0.2) is 18.1 Å². The third kappa shape index (κ3) is 4.02. The highest BCUT2D eigenvalue weighted by Gasteiger charge is 2.44. The lowest BCUT2D eigenvalue weighted by Gasteiger charge is -2.37. The van der Waals surface area contributed by atoms with Crippen LogP contribution in [0.3, 0.4) is 0 Å². The van der Waals surface area contributed by atoms with E-state index in [0.717, 1.165) is 16.0 Å². The highest BCUT2D eigenvalue weighted by Crippen LogP contribution is 2.36. The molecule has 23 heavy (non-hydrogen) atoms. The summed E-state index contributed by atoms with van der Waals surface area (Å²) >= 11 is 1.26. The first kappa shape index (κ1) is 15.8. The molecule has 0 atom stereocenters. The summed E-state index contributed by atoms with van der Waals surface area (Å²) in [7, 11) is 0. The van der Waals surface area contributed by atoms with Gasteiger partial charge in [0.25, 0.3) is 5.92 Å². The fraction of sp³-hybridized carbons (Fsp3) is 0.267. The van der Waals surface area contributed by atoms with E-state index in [2.05, 4.69) is 15.3 Å². The van der Waals surface area contributed by atoms with Crippen LogP contribution in [0.1, 0.15) is 6.92 Å². The van der Waals surface area contributed by atoms with Crippen molar-refractivity contribution in [2.24, 2.45) is 0 Å². The van der Waals surface area contributed by atoms with Gasteiger partial charge in [0, 0.05) is 36.0 Å². The van der Waals surface area contributed by atoms with E-state index in [9.17, 15) is 13.6 Å². The Hall–Kier alpha value is -2.06. The third-order valence-corrected chi connectivity index (χ3v) is 4.11. The van der Waals surface area contributed by atoms with Crippen molar-refractivity contribution in [1.82, 2.24) is 14.3 Å². The van der Waals surface area contributed by atoms with Crippen molar-refractivity contribution < 1.29 is 13.6 Å². The Morgan fingerprint density at radius 3 is 2.78 bits per heavy atom. The molecule has 0 bridgehead atoms. The number of alkyl halides is 2. The highest BCUT2D eigenvalue weighted by atomic mass is 32.2. The molecule has 2 aromatic heterocycles. The van der Waals surface area contributed by atoms with Gasteiger partial charge in [-0.2, -0.15) is 0 Å². The topological polar surface area (TPSA) is 58.1 Å². The average molecular weight is 336 g/mol. The van der Waals surface area contributed by atoms with Gasteiger partial charge < -0.3 is 5.32 Å². The van der Waals surface area contributed by atoms with Gasteiger partial charge in [0.1, 0.15) is 5.82 Å². The monoisotopic (exact) mass is 336 g/mol. The smallest absolute Gasteiger partial charge is 0.274 e. The van der Waals surface area contributed by atoms with Gasteiger partial charge in [-0.1, -0.05) is 0 Å². The summed E-state index contributed by atoms with van der Waals surface area (Å²) in [6.07, 6.45) is 4.92. The summed E-state index contributed by atoms with van der Waals surface area (Å²) < 4.78 is 27.3. The molecule has 8 heteroatoms. The number of rotatable bonds is 4. The molecule has 1 N–H and O–H groups in total. The standard InChI is InChI=1S/C15H14F2N4OS/c1-10(22)20-14-5-11(2-3-19-14)12-4-13(7-18-6-12)23-21-8-15(16,17)9-21/h2-7H,8-9H2,1H3,(H,19,20,22). The molecule has 120 valence electrons.